The van der Waals surface area contributed by atoms with Crippen molar-refractivity contribution in [1.29, 1.82) is 0 Å². The third kappa shape index (κ3) is 2.49. The number of aryl methyl sites for hydroxylation is 1. The lowest BCUT2D eigenvalue weighted by Crippen LogP contribution is -2.10. The van der Waals surface area contributed by atoms with E-state index < -0.39 is 0 Å². The number of nitrogens with zero attached hydrogens (tertiary/aromatic N) is 1. The fourth-order valence-electron chi connectivity index (χ4n) is 2.17. The van der Waals surface area contributed by atoms with Gasteiger partial charge in [-0.15, -0.1) is 0 Å². The molecule has 0 bridgehead atoms. The Labute approximate surface area is 116 Å². The van der Waals surface area contributed by atoms with E-state index in [1.165, 1.54) is 5.56 Å². The van der Waals surface area contributed by atoms with Crippen LogP contribution in [0.3, 0.4) is 0 Å². The van der Waals surface area contributed by atoms with Crippen molar-refractivity contribution in [3.8, 4) is 0 Å². The number of aromatic nitrogens is 1. The normalized spacial score (nSPS) is 11.2. The Morgan fingerprint density at radius 2 is 2.11 bits per heavy atom. The topological polar surface area (TPSA) is 50.9 Å². The van der Waals surface area contributed by atoms with Crippen LogP contribution < -0.4 is 11.3 Å². The van der Waals surface area contributed by atoms with Crippen LogP contribution in [0.1, 0.15) is 25.1 Å². The van der Waals surface area contributed by atoms with Gasteiger partial charge in [0, 0.05) is 15.6 Å². The first-order chi connectivity index (χ1) is 8.52. The van der Waals surface area contributed by atoms with E-state index in [2.05, 4.69) is 48.2 Å². The van der Waals surface area contributed by atoms with Crippen LogP contribution in [0.4, 0.5) is 5.69 Å². The van der Waals surface area contributed by atoms with Crippen molar-refractivity contribution in [1.82, 2.24) is 4.98 Å². The fourth-order valence-corrected chi connectivity index (χ4v) is 2.59. The lowest BCUT2D eigenvalue weighted by Gasteiger charge is -2.13. The Morgan fingerprint density at radius 3 is 2.72 bits per heavy atom. The Kier molecular flexibility index (Phi) is 3.88. The quantitative estimate of drug-likeness (QED) is 0.670. The highest BCUT2D eigenvalue weighted by Crippen LogP contribution is 2.31. The number of fused-ring (bicyclic) bond motifs is 1. The highest BCUT2D eigenvalue weighted by molar-refractivity contribution is 9.10. The molecule has 1 aromatic heterocycles. The van der Waals surface area contributed by atoms with Gasteiger partial charge in [-0.2, -0.15) is 0 Å². The molecule has 0 aliphatic rings. The number of nitrogens with one attached hydrogen (secondary N) is 1. The predicted octanol–water partition coefficient (Wildman–Crippen LogP) is 3.79. The third-order valence-electron chi connectivity index (χ3n) is 2.95. The van der Waals surface area contributed by atoms with Gasteiger partial charge in [0.15, 0.2) is 0 Å². The highest BCUT2D eigenvalue weighted by atomic mass is 79.9. The van der Waals surface area contributed by atoms with Crippen molar-refractivity contribution in [3.63, 3.8) is 0 Å². The van der Waals surface area contributed by atoms with Gasteiger partial charge in [-0.1, -0.05) is 19.9 Å². The van der Waals surface area contributed by atoms with Crippen LogP contribution in [-0.4, -0.2) is 4.98 Å². The molecule has 0 amide bonds. The predicted molar refractivity (Wildman–Crippen MR) is 80.5 cm³/mol. The average molecular weight is 308 g/mol. The number of nitrogens with two attached hydrogens (primary N) is 1. The number of halogens is 1. The molecule has 0 spiro atoms. The van der Waals surface area contributed by atoms with Crippen LogP contribution in [0.5, 0.6) is 0 Å². The molecule has 0 radical (unpaired) electrons. The van der Waals surface area contributed by atoms with E-state index in [-0.39, 0.29) is 0 Å². The molecule has 0 aliphatic heterocycles. The van der Waals surface area contributed by atoms with Crippen LogP contribution in [0, 0.1) is 12.8 Å². The Morgan fingerprint density at radius 1 is 1.39 bits per heavy atom. The van der Waals surface area contributed by atoms with E-state index in [1.807, 2.05) is 12.1 Å². The van der Waals surface area contributed by atoms with Gasteiger partial charge in [0.05, 0.1) is 11.2 Å². The fraction of sp³-hybridized carbons (Fsp3) is 0.357. The number of nitrogen functional groups attached to an aromatic ring is 1. The van der Waals surface area contributed by atoms with Gasteiger partial charge >= 0.3 is 0 Å². The number of hydrogen-bond acceptors (Lipinski definition) is 3. The van der Waals surface area contributed by atoms with Gasteiger partial charge in [-0.25, -0.2) is 0 Å². The van der Waals surface area contributed by atoms with E-state index in [4.69, 9.17) is 10.8 Å². The van der Waals surface area contributed by atoms with Crippen LogP contribution in [0.25, 0.3) is 10.9 Å². The molecule has 0 aliphatic carbocycles. The van der Waals surface area contributed by atoms with Crippen LogP contribution >= 0.6 is 15.9 Å². The molecular weight excluding hydrogens is 290 g/mol. The van der Waals surface area contributed by atoms with E-state index in [9.17, 15) is 0 Å². The smallest absolute Gasteiger partial charge is 0.0871 e. The van der Waals surface area contributed by atoms with E-state index >= 15 is 0 Å². The van der Waals surface area contributed by atoms with E-state index in [0.29, 0.717) is 5.92 Å². The van der Waals surface area contributed by atoms with Crippen molar-refractivity contribution in [2.24, 2.45) is 11.8 Å². The largest absolute Gasteiger partial charge is 0.323 e. The van der Waals surface area contributed by atoms with Crippen molar-refractivity contribution in [2.45, 2.75) is 27.2 Å². The Balaban J connectivity index is 2.71. The molecule has 0 saturated carbocycles. The minimum absolute atomic E-state index is 0.573. The SMILES string of the molecule is Cc1ccc(Br)c2nc(CC(C)C)cc(NN)c12. The molecule has 3 N–H and O–H groups in total. The number of hydrogen-bond donors (Lipinski definition) is 2. The molecule has 1 heterocycles. The van der Waals surface area contributed by atoms with Crippen LogP contribution in [-0.2, 0) is 6.42 Å². The second kappa shape index (κ2) is 5.24. The number of hydrazine groups is 1. The lowest BCUT2D eigenvalue weighted by atomic mass is 10.0. The molecule has 1 aromatic carbocycles. The molecular formula is C14H18BrN3. The summed E-state index contributed by atoms with van der Waals surface area (Å²) in [6.45, 7) is 6.44. The van der Waals surface area contributed by atoms with Crippen molar-refractivity contribution >= 4 is 32.5 Å². The number of benzene rings is 1. The molecule has 4 heteroatoms. The standard InChI is InChI=1S/C14H18BrN3/c1-8(2)6-10-7-12(18-16)13-9(3)4-5-11(15)14(13)17-10/h4-5,7-8H,6,16H2,1-3H3,(H,17,18). The first-order valence-corrected chi connectivity index (χ1v) is 6.87. The summed E-state index contributed by atoms with van der Waals surface area (Å²) >= 11 is 3.56. The summed E-state index contributed by atoms with van der Waals surface area (Å²) in [7, 11) is 0. The molecule has 3 nitrogen and oxygen atoms in total. The zero-order chi connectivity index (χ0) is 13.3. The van der Waals surface area contributed by atoms with Gasteiger partial charge in [0.2, 0.25) is 0 Å². The van der Waals surface area contributed by atoms with Crippen LogP contribution in [0.15, 0.2) is 22.7 Å². The Bertz CT molecular complexity index is 579. The summed E-state index contributed by atoms with van der Waals surface area (Å²) in [4.78, 5) is 4.74. The second-order valence-corrected chi connectivity index (χ2v) is 5.85. The van der Waals surface area contributed by atoms with Crippen molar-refractivity contribution < 1.29 is 0 Å². The summed E-state index contributed by atoms with van der Waals surface area (Å²) in [5, 5.41) is 1.08. The van der Waals surface area contributed by atoms with Gasteiger partial charge in [-0.3, -0.25) is 10.8 Å². The minimum Gasteiger partial charge on any atom is -0.323 e. The van der Waals surface area contributed by atoms with Crippen molar-refractivity contribution in [2.75, 3.05) is 5.43 Å². The second-order valence-electron chi connectivity index (χ2n) is 4.99. The van der Waals surface area contributed by atoms with E-state index in [1.54, 1.807) is 0 Å². The Hall–Kier alpha value is -1.13. The number of pyridine rings is 1. The summed E-state index contributed by atoms with van der Waals surface area (Å²) < 4.78 is 1.00. The van der Waals surface area contributed by atoms with E-state index in [0.717, 1.165) is 33.2 Å². The molecule has 0 saturated heterocycles. The summed E-state index contributed by atoms with van der Waals surface area (Å²) in [5.41, 5.74) is 6.94. The molecule has 96 valence electrons. The van der Waals surface area contributed by atoms with Gasteiger partial charge in [-0.05, 0) is 52.9 Å². The monoisotopic (exact) mass is 307 g/mol. The van der Waals surface area contributed by atoms with Crippen molar-refractivity contribution in [3.05, 3.63) is 33.9 Å². The molecule has 2 aromatic rings. The van der Waals surface area contributed by atoms with Crippen LogP contribution in [0.2, 0.25) is 0 Å². The van der Waals surface area contributed by atoms with Gasteiger partial charge in [0.25, 0.3) is 0 Å². The summed E-state index contributed by atoms with van der Waals surface area (Å²) in [6, 6.07) is 6.14. The number of rotatable bonds is 3. The first kappa shape index (κ1) is 13.3. The minimum atomic E-state index is 0.573. The van der Waals surface area contributed by atoms with Gasteiger partial charge < -0.3 is 5.43 Å². The summed E-state index contributed by atoms with van der Waals surface area (Å²) in [6.07, 6.45) is 0.949. The number of anilines is 1. The average Bonchev–Trinajstić information content (AvgIpc) is 2.32. The maximum Gasteiger partial charge on any atom is 0.0871 e. The first-order valence-electron chi connectivity index (χ1n) is 6.08. The maximum atomic E-state index is 5.64. The molecule has 0 atom stereocenters. The lowest BCUT2D eigenvalue weighted by molar-refractivity contribution is 0.637. The summed E-state index contributed by atoms with van der Waals surface area (Å²) in [5.74, 6) is 6.21. The molecule has 2 rings (SSSR count). The molecule has 0 unspecified atom stereocenters. The van der Waals surface area contributed by atoms with Gasteiger partial charge in [0.1, 0.15) is 0 Å². The maximum absolute atomic E-state index is 5.64. The molecule has 0 fully saturated rings. The highest BCUT2D eigenvalue weighted by Gasteiger charge is 2.11. The third-order valence-corrected chi connectivity index (χ3v) is 3.59. The molecule has 18 heavy (non-hydrogen) atoms. The zero-order valence-corrected chi connectivity index (χ0v) is 12.5. The zero-order valence-electron chi connectivity index (χ0n) is 10.9.